The summed E-state index contributed by atoms with van der Waals surface area (Å²) in [7, 11) is 0. The molecule has 0 saturated carbocycles. The van der Waals surface area contributed by atoms with E-state index in [0.29, 0.717) is 11.1 Å². The average Bonchev–Trinajstić information content (AvgIpc) is 2.52. The summed E-state index contributed by atoms with van der Waals surface area (Å²) in [6, 6.07) is 11.8. The Labute approximate surface area is 130 Å². The summed E-state index contributed by atoms with van der Waals surface area (Å²) in [5, 5.41) is 8.81. The first kappa shape index (κ1) is 16.6. The molecule has 0 heterocycles. The van der Waals surface area contributed by atoms with Crippen LogP contribution in [-0.2, 0) is 12.8 Å². The molecule has 0 aromatic heterocycles. The Kier molecular flexibility index (Phi) is 4.70. The van der Waals surface area contributed by atoms with Crippen LogP contribution in [0.1, 0.15) is 34.0 Å². The van der Waals surface area contributed by atoms with E-state index in [4.69, 9.17) is 10.00 Å². The molecule has 0 aliphatic rings. The van der Waals surface area contributed by atoms with E-state index in [1.165, 1.54) is 6.07 Å². The number of carbonyl (C=O) groups is 1. The van der Waals surface area contributed by atoms with Crippen LogP contribution in [0.15, 0.2) is 42.5 Å². The molecule has 118 valence electrons. The lowest BCUT2D eigenvalue weighted by atomic mass is 10.0. The SMILES string of the molecule is CC(=O)c1ccc(OCc2cccc(C#N)c2)cc1C(F)(F)F. The van der Waals surface area contributed by atoms with Crippen molar-refractivity contribution in [3.05, 3.63) is 64.7 Å². The van der Waals surface area contributed by atoms with Crippen LogP contribution in [0.3, 0.4) is 0 Å². The van der Waals surface area contributed by atoms with Gasteiger partial charge in [0.05, 0.1) is 17.2 Å². The molecular weight excluding hydrogens is 307 g/mol. The molecule has 2 aromatic rings. The van der Waals surface area contributed by atoms with E-state index in [9.17, 15) is 18.0 Å². The number of nitrogens with zero attached hydrogens (tertiary/aromatic N) is 1. The van der Waals surface area contributed by atoms with Crippen molar-refractivity contribution in [1.29, 1.82) is 5.26 Å². The van der Waals surface area contributed by atoms with Crippen LogP contribution in [0, 0.1) is 11.3 Å². The van der Waals surface area contributed by atoms with Gasteiger partial charge in [-0.05, 0) is 42.8 Å². The molecule has 0 amide bonds. The van der Waals surface area contributed by atoms with Crippen molar-refractivity contribution in [3.63, 3.8) is 0 Å². The highest BCUT2D eigenvalue weighted by atomic mass is 19.4. The molecule has 0 atom stereocenters. The number of nitriles is 1. The number of rotatable bonds is 4. The van der Waals surface area contributed by atoms with Gasteiger partial charge in [0, 0.05) is 5.56 Å². The van der Waals surface area contributed by atoms with Crippen molar-refractivity contribution in [2.75, 3.05) is 0 Å². The van der Waals surface area contributed by atoms with Crippen LogP contribution >= 0.6 is 0 Å². The normalized spacial score (nSPS) is 10.9. The maximum absolute atomic E-state index is 13.0. The number of ketones is 1. The lowest BCUT2D eigenvalue weighted by molar-refractivity contribution is -0.138. The lowest BCUT2D eigenvalue weighted by Gasteiger charge is -2.13. The molecule has 2 rings (SSSR count). The summed E-state index contributed by atoms with van der Waals surface area (Å²) >= 11 is 0. The number of ether oxygens (including phenoxy) is 1. The van der Waals surface area contributed by atoms with Crippen LogP contribution in [0.4, 0.5) is 13.2 Å². The predicted octanol–water partition coefficient (Wildman–Crippen LogP) is 4.36. The first-order valence-electron chi connectivity index (χ1n) is 6.65. The molecule has 0 unspecified atom stereocenters. The molecular formula is C17H12F3NO2. The van der Waals surface area contributed by atoms with Crippen LogP contribution in [0.25, 0.3) is 0 Å². The van der Waals surface area contributed by atoms with Gasteiger partial charge in [-0.25, -0.2) is 0 Å². The van der Waals surface area contributed by atoms with Gasteiger partial charge in [0.25, 0.3) is 0 Å². The summed E-state index contributed by atoms with van der Waals surface area (Å²) in [4.78, 5) is 11.3. The molecule has 0 spiro atoms. The molecule has 0 fully saturated rings. The standard InChI is InChI=1S/C17H12F3NO2/c1-11(22)15-6-5-14(8-16(15)17(18,19)20)23-10-13-4-2-3-12(7-13)9-21/h2-8H,10H2,1H3. The highest BCUT2D eigenvalue weighted by Gasteiger charge is 2.34. The molecule has 0 aliphatic carbocycles. The zero-order valence-electron chi connectivity index (χ0n) is 12.1. The summed E-state index contributed by atoms with van der Waals surface area (Å²) in [6.07, 6.45) is -4.64. The van der Waals surface area contributed by atoms with Crippen LogP contribution in [0.5, 0.6) is 5.75 Å². The maximum atomic E-state index is 13.0. The smallest absolute Gasteiger partial charge is 0.417 e. The molecule has 0 bridgehead atoms. The van der Waals surface area contributed by atoms with E-state index in [2.05, 4.69) is 0 Å². The van der Waals surface area contributed by atoms with Gasteiger partial charge in [-0.15, -0.1) is 0 Å². The molecule has 0 saturated heterocycles. The predicted molar refractivity (Wildman–Crippen MR) is 76.9 cm³/mol. The van der Waals surface area contributed by atoms with Crippen LogP contribution < -0.4 is 4.74 Å². The Bertz CT molecular complexity index is 776. The maximum Gasteiger partial charge on any atom is 0.417 e. The van der Waals surface area contributed by atoms with Gasteiger partial charge < -0.3 is 4.74 Å². The van der Waals surface area contributed by atoms with Gasteiger partial charge in [-0.2, -0.15) is 18.4 Å². The quantitative estimate of drug-likeness (QED) is 0.787. The number of benzene rings is 2. The summed E-state index contributed by atoms with van der Waals surface area (Å²) in [5.74, 6) is -0.657. The third-order valence-corrected chi connectivity index (χ3v) is 3.14. The minimum Gasteiger partial charge on any atom is -0.489 e. The Hall–Kier alpha value is -2.81. The Morgan fingerprint density at radius 1 is 1.22 bits per heavy atom. The minimum absolute atomic E-state index is 0.00434. The fourth-order valence-electron chi connectivity index (χ4n) is 2.05. The Morgan fingerprint density at radius 3 is 2.57 bits per heavy atom. The fourth-order valence-corrected chi connectivity index (χ4v) is 2.05. The molecule has 0 aliphatic heterocycles. The van der Waals surface area contributed by atoms with E-state index in [1.807, 2.05) is 6.07 Å². The van der Waals surface area contributed by atoms with Gasteiger partial charge in [-0.1, -0.05) is 12.1 Å². The second-order valence-corrected chi connectivity index (χ2v) is 4.86. The third-order valence-electron chi connectivity index (χ3n) is 3.14. The van der Waals surface area contributed by atoms with E-state index >= 15 is 0 Å². The minimum atomic E-state index is -4.64. The van der Waals surface area contributed by atoms with Crippen molar-refractivity contribution in [2.45, 2.75) is 19.7 Å². The zero-order chi connectivity index (χ0) is 17.0. The molecule has 23 heavy (non-hydrogen) atoms. The second-order valence-electron chi connectivity index (χ2n) is 4.86. The molecule has 6 heteroatoms. The molecule has 0 N–H and O–H groups in total. The summed E-state index contributed by atoms with van der Waals surface area (Å²) in [6.45, 7) is 1.10. The Balaban J connectivity index is 2.24. The van der Waals surface area contributed by atoms with E-state index in [1.54, 1.807) is 24.3 Å². The van der Waals surface area contributed by atoms with E-state index in [0.717, 1.165) is 19.1 Å². The number of hydrogen-bond donors (Lipinski definition) is 0. The third kappa shape index (κ3) is 4.10. The largest absolute Gasteiger partial charge is 0.489 e. The van der Waals surface area contributed by atoms with Crippen molar-refractivity contribution in [1.82, 2.24) is 0 Å². The fraction of sp³-hybridized carbons (Fsp3) is 0.176. The monoisotopic (exact) mass is 319 g/mol. The average molecular weight is 319 g/mol. The van der Waals surface area contributed by atoms with Gasteiger partial charge in [0.1, 0.15) is 12.4 Å². The number of alkyl halides is 3. The molecule has 2 aromatic carbocycles. The Morgan fingerprint density at radius 2 is 1.96 bits per heavy atom. The molecule has 3 nitrogen and oxygen atoms in total. The first-order valence-corrected chi connectivity index (χ1v) is 6.65. The van der Waals surface area contributed by atoms with E-state index in [-0.39, 0.29) is 12.4 Å². The van der Waals surface area contributed by atoms with E-state index < -0.39 is 23.1 Å². The lowest BCUT2D eigenvalue weighted by Crippen LogP contribution is -2.12. The topological polar surface area (TPSA) is 50.1 Å². The second kappa shape index (κ2) is 6.53. The number of carbonyl (C=O) groups excluding carboxylic acids is 1. The summed E-state index contributed by atoms with van der Waals surface area (Å²) in [5.41, 5.74) is -0.313. The summed E-state index contributed by atoms with van der Waals surface area (Å²) < 4.78 is 44.4. The van der Waals surface area contributed by atoms with Gasteiger partial charge in [-0.3, -0.25) is 4.79 Å². The number of hydrogen-bond acceptors (Lipinski definition) is 3. The molecule has 0 radical (unpaired) electrons. The van der Waals surface area contributed by atoms with Gasteiger partial charge in [0.2, 0.25) is 0 Å². The highest BCUT2D eigenvalue weighted by Crippen LogP contribution is 2.34. The van der Waals surface area contributed by atoms with Crippen LogP contribution in [0.2, 0.25) is 0 Å². The van der Waals surface area contributed by atoms with Crippen molar-refractivity contribution < 1.29 is 22.7 Å². The zero-order valence-corrected chi connectivity index (χ0v) is 12.1. The van der Waals surface area contributed by atoms with Crippen molar-refractivity contribution in [3.8, 4) is 11.8 Å². The van der Waals surface area contributed by atoms with Crippen molar-refractivity contribution >= 4 is 5.78 Å². The highest BCUT2D eigenvalue weighted by molar-refractivity contribution is 5.95. The first-order chi connectivity index (χ1) is 10.8. The van der Waals surface area contributed by atoms with Gasteiger partial charge in [0.15, 0.2) is 5.78 Å². The number of Topliss-reactive ketones (excluding diaryl/α,β-unsaturated/α-hetero) is 1. The van der Waals surface area contributed by atoms with Gasteiger partial charge >= 0.3 is 6.18 Å². The van der Waals surface area contributed by atoms with Crippen molar-refractivity contribution in [2.24, 2.45) is 0 Å². The number of halogens is 3. The van der Waals surface area contributed by atoms with Crippen LogP contribution in [-0.4, -0.2) is 5.78 Å².